The number of likely N-dealkylation sites (tertiary alicyclic amines) is 1. The second-order valence-electron chi connectivity index (χ2n) is 5.62. The number of carbonyl (C=O) groups is 1. The van der Waals surface area contributed by atoms with Gasteiger partial charge in [0.15, 0.2) is 0 Å². The van der Waals surface area contributed by atoms with E-state index in [1.165, 1.54) is 0 Å². The van der Waals surface area contributed by atoms with E-state index in [2.05, 4.69) is 16.0 Å². The number of nitrogens with zero attached hydrogens (tertiary/aromatic N) is 1. The fourth-order valence-electron chi connectivity index (χ4n) is 3.30. The number of aromatic nitrogens is 1. The molecule has 1 aromatic heterocycles. The lowest BCUT2D eigenvalue weighted by Gasteiger charge is -2.43. The van der Waals surface area contributed by atoms with E-state index in [4.69, 9.17) is 5.73 Å². The van der Waals surface area contributed by atoms with Crippen molar-refractivity contribution < 1.29 is 4.79 Å². The molecule has 4 heteroatoms. The van der Waals surface area contributed by atoms with Crippen LogP contribution in [0.4, 0.5) is 0 Å². The molecule has 0 radical (unpaired) electrons. The van der Waals surface area contributed by atoms with Gasteiger partial charge in [-0.1, -0.05) is 6.42 Å². The van der Waals surface area contributed by atoms with Crippen LogP contribution in [0.2, 0.25) is 0 Å². The minimum Gasteiger partial charge on any atom is -0.363 e. The van der Waals surface area contributed by atoms with Crippen molar-refractivity contribution in [2.75, 3.05) is 13.1 Å². The molecule has 1 aromatic rings. The van der Waals surface area contributed by atoms with E-state index in [1.54, 1.807) is 0 Å². The topological polar surface area (TPSA) is 62.1 Å². The van der Waals surface area contributed by atoms with E-state index >= 15 is 0 Å². The minimum atomic E-state index is -0.241. The molecule has 2 fully saturated rings. The van der Waals surface area contributed by atoms with E-state index in [1.807, 2.05) is 12.3 Å². The highest BCUT2D eigenvalue weighted by Gasteiger charge is 2.47. The first-order chi connectivity index (χ1) is 8.77. The first kappa shape index (κ1) is 11.8. The third-order valence-corrected chi connectivity index (χ3v) is 4.65. The molecule has 1 saturated carbocycles. The lowest BCUT2D eigenvalue weighted by Crippen LogP contribution is -2.51. The summed E-state index contributed by atoms with van der Waals surface area (Å²) >= 11 is 0. The third-order valence-electron chi connectivity index (χ3n) is 4.65. The van der Waals surface area contributed by atoms with Crippen LogP contribution in [0.3, 0.4) is 0 Å². The summed E-state index contributed by atoms with van der Waals surface area (Å²) in [5.74, 6) is 0.286. The number of rotatable bonds is 3. The summed E-state index contributed by atoms with van der Waals surface area (Å²) in [5, 5.41) is 0. The second-order valence-corrected chi connectivity index (χ2v) is 5.62. The van der Waals surface area contributed by atoms with Crippen molar-refractivity contribution in [1.29, 1.82) is 0 Å². The van der Waals surface area contributed by atoms with Crippen LogP contribution in [0.1, 0.15) is 43.8 Å². The zero-order chi connectivity index (χ0) is 12.6. The molecule has 1 aliphatic heterocycles. The number of nitrogens with one attached hydrogen (secondary N) is 1. The molecule has 98 valence electrons. The van der Waals surface area contributed by atoms with Gasteiger partial charge < -0.3 is 15.6 Å². The smallest absolute Gasteiger partial charge is 0.230 e. The summed E-state index contributed by atoms with van der Waals surface area (Å²) in [6.07, 6.45) is 7.16. The van der Waals surface area contributed by atoms with Gasteiger partial charge in [0.05, 0.1) is 11.5 Å². The van der Waals surface area contributed by atoms with Gasteiger partial charge in [-0.3, -0.25) is 4.79 Å². The second kappa shape index (κ2) is 4.43. The number of H-pyrrole nitrogens is 1. The van der Waals surface area contributed by atoms with Crippen LogP contribution < -0.4 is 5.73 Å². The molecule has 1 atom stereocenters. The van der Waals surface area contributed by atoms with Gasteiger partial charge in [0, 0.05) is 25.0 Å². The maximum atomic E-state index is 12.7. The quantitative estimate of drug-likeness (QED) is 0.855. The molecule has 3 N–H and O–H groups in total. The Morgan fingerprint density at radius 2 is 2.33 bits per heavy atom. The van der Waals surface area contributed by atoms with Gasteiger partial charge in [0.2, 0.25) is 5.91 Å². The fraction of sp³-hybridized carbons (Fsp3) is 0.643. The largest absolute Gasteiger partial charge is 0.363 e. The molecule has 2 aliphatic rings. The zero-order valence-electron chi connectivity index (χ0n) is 10.7. The van der Waals surface area contributed by atoms with Gasteiger partial charge in [-0.15, -0.1) is 0 Å². The molecule has 18 heavy (non-hydrogen) atoms. The van der Waals surface area contributed by atoms with Crippen molar-refractivity contribution in [1.82, 2.24) is 9.88 Å². The molecule has 3 rings (SSSR count). The standard InChI is InChI=1S/C14H21N3O/c15-10-14(6-3-7-14)13(18)17-9-2-5-12(17)11-4-1-8-16-11/h1,4,8,12,16H,2-3,5-7,9-10,15H2. The number of hydrogen-bond donors (Lipinski definition) is 2. The third kappa shape index (κ3) is 1.67. The average molecular weight is 247 g/mol. The molecule has 0 bridgehead atoms. The van der Waals surface area contributed by atoms with Crippen molar-refractivity contribution in [3.63, 3.8) is 0 Å². The molecule has 0 aromatic carbocycles. The molecule has 0 spiro atoms. The number of carbonyl (C=O) groups excluding carboxylic acids is 1. The SMILES string of the molecule is NCC1(C(=O)N2CCCC2c2ccc[nH]2)CCC1. The Balaban J connectivity index is 1.81. The Kier molecular flexibility index (Phi) is 2.90. The van der Waals surface area contributed by atoms with Crippen LogP contribution in [-0.2, 0) is 4.79 Å². The Labute approximate surface area is 108 Å². The highest BCUT2D eigenvalue weighted by atomic mass is 16.2. The maximum Gasteiger partial charge on any atom is 0.230 e. The van der Waals surface area contributed by atoms with Crippen LogP contribution in [0.15, 0.2) is 18.3 Å². The molecule has 1 aliphatic carbocycles. The van der Waals surface area contributed by atoms with Gasteiger partial charge in [0.25, 0.3) is 0 Å². The van der Waals surface area contributed by atoms with Gasteiger partial charge in [-0.05, 0) is 37.8 Å². The molecular formula is C14H21N3O. The minimum absolute atomic E-state index is 0.233. The van der Waals surface area contributed by atoms with Crippen molar-refractivity contribution in [3.05, 3.63) is 24.0 Å². The Morgan fingerprint density at radius 3 is 2.89 bits per heavy atom. The summed E-state index contributed by atoms with van der Waals surface area (Å²) in [6, 6.07) is 4.31. The highest BCUT2D eigenvalue weighted by molar-refractivity contribution is 5.84. The Hall–Kier alpha value is -1.29. The monoisotopic (exact) mass is 247 g/mol. The van der Waals surface area contributed by atoms with E-state index < -0.39 is 0 Å². The van der Waals surface area contributed by atoms with Crippen LogP contribution in [0.5, 0.6) is 0 Å². The molecule has 2 heterocycles. The van der Waals surface area contributed by atoms with Crippen LogP contribution >= 0.6 is 0 Å². The summed E-state index contributed by atoms with van der Waals surface area (Å²) in [6.45, 7) is 1.38. The van der Waals surface area contributed by atoms with Gasteiger partial charge in [0.1, 0.15) is 0 Å². The number of hydrogen-bond acceptors (Lipinski definition) is 2. The summed E-state index contributed by atoms with van der Waals surface area (Å²) in [5.41, 5.74) is 6.76. The van der Waals surface area contributed by atoms with E-state index in [0.29, 0.717) is 6.54 Å². The zero-order valence-corrected chi connectivity index (χ0v) is 10.7. The molecular weight excluding hydrogens is 226 g/mol. The van der Waals surface area contributed by atoms with Crippen LogP contribution in [-0.4, -0.2) is 28.9 Å². The predicted molar refractivity (Wildman–Crippen MR) is 69.8 cm³/mol. The van der Waals surface area contributed by atoms with Crippen molar-refractivity contribution >= 4 is 5.91 Å². The Bertz CT molecular complexity index is 417. The van der Waals surface area contributed by atoms with E-state index in [-0.39, 0.29) is 17.4 Å². The van der Waals surface area contributed by atoms with Crippen LogP contribution in [0.25, 0.3) is 0 Å². The van der Waals surface area contributed by atoms with Crippen molar-refractivity contribution in [2.24, 2.45) is 11.1 Å². The number of nitrogens with two attached hydrogens (primary N) is 1. The summed E-state index contributed by atoms with van der Waals surface area (Å²) in [7, 11) is 0. The highest BCUT2D eigenvalue weighted by Crippen LogP contribution is 2.44. The first-order valence-corrected chi connectivity index (χ1v) is 6.91. The molecule has 4 nitrogen and oxygen atoms in total. The lowest BCUT2D eigenvalue weighted by molar-refractivity contribution is -0.147. The van der Waals surface area contributed by atoms with Crippen LogP contribution in [0, 0.1) is 5.41 Å². The molecule has 1 unspecified atom stereocenters. The predicted octanol–water partition coefficient (Wildman–Crippen LogP) is 1.81. The normalized spacial score (nSPS) is 26.1. The fourth-order valence-corrected chi connectivity index (χ4v) is 3.30. The lowest BCUT2D eigenvalue weighted by atomic mass is 9.67. The maximum absolute atomic E-state index is 12.7. The Morgan fingerprint density at radius 1 is 1.50 bits per heavy atom. The van der Waals surface area contributed by atoms with Crippen molar-refractivity contribution in [2.45, 2.75) is 38.1 Å². The molecule has 1 amide bonds. The summed E-state index contributed by atoms with van der Waals surface area (Å²) < 4.78 is 0. The van der Waals surface area contributed by atoms with E-state index in [0.717, 1.165) is 44.3 Å². The number of aromatic amines is 1. The van der Waals surface area contributed by atoms with Gasteiger partial charge in [-0.2, -0.15) is 0 Å². The first-order valence-electron chi connectivity index (χ1n) is 6.91. The van der Waals surface area contributed by atoms with Gasteiger partial charge in [-0.25, -0.2) is 0 Å². The van der Waals surface area contributed by atoms with Gasteiger partial charge >= 0.3 is 0 Å². The van der Waals surface area contributed by atoms with Crippen molar-refractivity contribution in [3.8, 4) is 0 Å². The average Bonchev–Trinajstić information content (AvgIpc) is 2.99. The van der Waals surface area contributed by atoms with E-state index in [9.17, 15) is 4.79 Å². The summed E-state index contributed by atoms with van der Waals surface area (Å²) in [4.78, 5) is 18.0. The molecule has 1 saturated heterocycles. The number of amides is 1.